The molecule has 0 unspecified atom stereocenters. The topological polar surface area (TPSA) is 73.2 Å². The van der Waals surface area contributed by atoms with E-state index in [2.05, 4.69) is 10.4 Å². The molecule has 3 aromatic carbocycles. The first-order valence-corrected chi connectivity index (χ1v) is 9.88. The van der Waals surface area contributed by atoms with Crippen molar-refractivity contribution in [2.24, 2.45) is 0 Å². The van der Waals surface area contributed by atoms with Gasteiger partial charge in [0.2, 0.25) is 5.43 Å². The molecule has 1 heterocycles. The van der Waals surface area contributed by atoms with E-state index >= 15 is 0 Å². The van der Waals surface area contributed by atoms with Gasteiger partial charge in [0.1, 0.15) is 23.1 Å². The second-order valence-corrected chi connectivity index (χ2v) is 7.08. The zero-order valence-electron chi connectivity index (χ0n) is 17.5. The average molecular weight is 429 g/mol. The van der Waals surface area contributed by atoms with Crippen LogP contribution < -0.4 is 15.5 Å². The summed E-state index contributed by atoms with van der Waals surface area (Å²) >= 11 is 0. The van der Waals surface area contributed by atoms with Crippen LogP contribution in [0.4, 0.5) is 10.2 Å². The highest BCUT2D eigenvalue weighted by atomic mass is 19.1. The van der Waals surface area contributed by atoms with Crippen molar-refractivity contribution in [3.8, 4) is 22.6 Å². The molecule has 1 aromatic heterocycles. The van der Waals surface area contributed by atoms with Crippen molar-refractivity contribution < 1.29 is 13.9 Å². The number of nitrogens with zero attached hydrogens (tertiary/aromatic N) is 2. The van der Waals surface area contributed by atoms with Crippen LogP contribution in [0.3, 0.4) is 0 Å². The number of hydrogen-bond donors (Lipinski definition) is 1. The lowest BCUT2D eigenvalue weighted by Gasteiger charge is -2.18. The molecule has 0 radical (unpaired) electrons. The zero-order chi connectivity index (χ0) is 22.7. The number of ether oxygens (including phenoxy) is 1. The van der Waals surface area contributed by atoms with Gasteiger partial charge < -0.3 is 10.1 Å². The molecule has 7 heteroatoms. The Hall–Kier alpha value is -4.26. The number of carbonyl (C=O) groups is 1. The predicted molar refractivity (Wildman–Crippen MR) is 121 cm³/mol. The number of rotatable bonds is 5. The minimum Gasteiger partial charge on any atom is -0.497 e. The van der Waals surface area contributed by atoms with E-state index in [1.54, 1.807) is 31.2 Å². The monoisotopic (exact) mass is 429 g/mol. The van der Waals surface area contributed by atoms with E-state index in [-0.39, 0.29) is 28.1 Å². The van der Waals surface area contributed by atoms with Gasteiger partial charge in [-0.1, -0.05) is 30.3 Å². The molecule has 4 aromatic rings. The van der Waals surface area contributed by atoms with E-state index < -0.39 is 11.7 Å². The molecule has 1 N–H and O–H groups in total. The van der Waals surface area contributed by atoms with Crippen LogP contribution in [0.25, 0.3) is 16.8 Å². The summed E-state index contributed by atoms with van der Waals surface area (Å²) in [5, 5.41) is 7.25. The first-order valence-electron chi connectivity index (χ1n) is 9.88. The maximum Gasteiger partial charge on any atom is 0.256 e. The third-order valence-corrected chi connectivity index (χ3v) is 4.95. The minimum atomic E-state index is -0.496. The number of amides is 1. The van der Waals surface area contributed by atoms with E-state index in [1.165, 1.54) is 36.1 Å². The normalized spacial score (nSPS) is 10.6. The summed E-state index contributed by atoms with van der Waals surface area (Å²) in [5.41, 5.74) is 1.70. The maximum atomic E-state index is 13.3. The van der Waals surface area contributed by atoms with Gasteiger partial charge in [-0.05, 0) is 61.0 Å². The van der Waals surface area contributed by atoms with Gasteiger partial charge in [-0.2, -0.15) is 5.10 Å². The summed E-state index contributed by atoms with van der Waals surface area (Å²) in [6.07, 6.45) is 0. The molecule has 0 fully saturated rings. The van der Waals surface area contributed by atoms with E-state index in [4.69, 9.17) is 4.74 Å². The average Bonchev–Trinajstić information content (AvgIpc) is 2.82. The molecular weight excluding hydrogens is 409 g/mol. The number of aryl methyl sites for hydroxylation is 1. The smallest absolute Gasteiger partial charge is 0.256 e. The summed E-state index contributed by atoms with van der Waals surface area (Å²) in [6, 6.07) is 21.4. The maximum absolute atomic E-state index is 13.3. The molecule has 4 rings (SSSR count). The highest BCUT2D eigenvalue weighted by molar-refractivity contribution is 6.05. The van der Waals surface area contributed by atoms with E-state index in [0.717, 1.165) is 0 Å². The third kappa shape index (κ3) is 4.13. The number of anilines is 1. The summed E-state index contributed by atoms with van der Waals surface area (Å²) in [7, 11) is 1.54. The van der Waals surface area contributed by atoms with Gasteiger partial charge in [0.05, 0.1) is 18.4 Å². The SMILES string of the molecule is COc1cccc(-c2c(NC(=O)c3ccc(F)cc3)n(-c3ccccc3)nc(C)c2=O)c1. The Morgan fingerprint density at radius 3 is 2.41 bits per heavy atom. The van der Waals surface area contributed by atoms with Gasteiger partial charge in [0, 0.05) is 5.56 Å². The van der Waals surface area contributed by atoms with Crippen LogP contribution in [-0.2, 0) is 0 Å². The first kappa shape index (κ1) is 21.0. The number of para-hydroxylation sites is 1. The Kier molecular flexibility index (Phi) is 5.81. The van der Waals surface area contributed by atoms with Gasteiger partial charge in [0.15, 0.2) is 0 Å². The van der Waals surface area contributed by atoms with Gasteiger partial charge in [-0.15, -0.1) is 0 Å². The summed E-state index contributed by atoms with van der Waals surface area (Å²) in [6.45, 7) is 1.62. The van der Waals surface area contributed by atoms with Crippen LogP contribution in [0.15, 0.2) is 83.7 Å². The number of hydrogen-bond acceptors (Lipinski definition) is 4. The molecule has 0 spiro atoms. The Morgan fingerprint density at radius 2 is 1.72 bits per heavy atom. The fourth-order valence-electron chi connectivity index (χ4n) is 3.34. The van der Waals surface area contributed by atoms with E-state index in [0.29, 0.717) is 17.0 Å². The molecule has 0 aliphatic heterocycles. The van der Waals surface area contributed by atoms with Crippen LogP contribution in [0.2, 0.25) is 0 Å². The van der Waals surface area contributed by atoms with Crippen LogP contribution in [0.5, 0.6) is 5.75 Å². The van der Waals surface area contributed by atoms with E-state index in [1.807, 2.05) is 30.3 Å². The van der Waals surface area contributed by atoms with E-state index in [9.17, 15) is 14.0 Å². The predicted octanol–water partition coefficient (Wildman–Crippen LogP) is 4.61. The molecule has 160 valence electrons. The number of methoxy groups -OCH3 is 1. The lowest BCUT2D eigenvalue weighted by Crippen LogP contribution is -2.25. The first-order chi connectivity index (χ1) is 15.5. The van der Waals surface area contributed by atoms with Gasteiger partial charge >= 0.3 is 0 Å². The standard InChI is InChI=1S/C25H20FN3O3/c1-16-23(30)22(18-7-6-10-21(15-18)32-2)24(29(28-16)20-8-4-3-5-9-20)27-25(31)17-11-13-19(26)14-12-17/h3-15H,1-2H3,(H,27,31). The molecule has 0 bridgehead atoms. The Bertz CT molecular complexity index is 1330. The van der Waals surface area contributed by atoms with Gasteiger partial charge in [-0.25, -0.2) is 9.07 Å². The van der Waals surface area contributed by atoms with Crippen LogP contribution in [-0.4, -0.2) is 22.8 Å². The second kappa shape index (κ2) is 8.85. The minimum absolute atomic E-state index is 0.203. The molecule has 1 amide bonds. The van der Waals surface area contributed by atoms with Crippen molar-refractivity contribution >= 4 is 11.7 Å². The Labute approximate surface area is 183 Å². The fraction of sp³-hybridized carbons (Fsp3) is 0.0800. The quantitative estimate of drug-likeness (QED) is 0.503. The number of carbonyl (C=O) groups excluding carboxylic acids is 1. The molecule has 0 saturated carbocycles. The fourth-order valence-corrected chi connectivity index (χ4v) is 3.34. The molecule has 6 nitrogen and oxygen atoms in total. The van der Waals surface area contributed by atoms with Crippen LogP contribution >= 0.6 is 0 Å². The van der Waals surface area contributed by atoms with Crippen molar-refractivity contribution in [1.29, 1.82) is 0 Å². The molecule has 32 heavy (non-hydrogen) atoms. The highest BCUT2D eigenvalue weighted by Gasteiger charge is 2.21. The van der Waals surface area contributed by atoms with Crippen molar-refractivity contribution in [3.63, 3.8) is 0 Å². The van der Waals surface area contributed by atoms with Crippen molar-refractivity contribution in [1.82, 2.24) is 9.78 Å². The molecule has 0 aliphatic rings. The summed E-state index contributed by atoms with van der Waals surface area (Å²) < 4.78 is 20.2. The van der Waals surface area contributed by atoms with Gasteiger partial charge in [-0.3, -0.25) is 9.59 Å². The number of aromatic nitrogens is 2. The molecular formula is C25H20FN3O3. The summed E-state index contributed by atoms with van der Waals surface area (Å²) in [4.78, 5) is 26.2. The van der Waals surface area contributed by atoms with Crippen molar-refractivity contribution in [3.05, 3.63) is 106 Å². The zero-order valence-corrected chi connectivity index (χ0v) is 17.5. The molecule has 0 saturated heterocycles. The van der Waals surface area contributed by atoms with Crippen molar-refractivity contribution in [2.45, 2.75) is 6.92 Å². The lowest BCUT2D eigenvalue weighted by molar-refractivity contribution is 0.102. The largest absolute Gasteiger partial charge is 0.497 e. The molecule has 0 atom stereocenters. The number of halogens is 1. The van der Waals surface area contributed by atoms with Crippen molar-refractivity contribution in [2.75, 3.05) is 12.4 Å². The van der Waals surface area contributed by atoms with Crippen LogP contribution in [0.1, 0.15) is 16.1 Å². The lowest BCUT2D eigenvalue weighted by atomic mass is 10.0. The summed E-state index contributed by atoms with van der Waals surface area (Å²) in [5.74, 6) is -0.173. The Morgan fingerprint density at radius 1 is 1.00 bits per heavy atom. The van der Waals surface area contributed by atoms with Gasteiger partial charge in [0.25, 0.3) is 5.91 Å². The number of benzene rings is 3. The third-order valence-electron chi connectivity index (χ3n) is 4.95. The second-order valence-electron chi connectivity index (χ2n) is 7.08. The Balaban J connectivity index is 1.95. The molecule has 0 aliphatic carbocycles. The van der Waals surface area contributed by atoms with Crippen LogP contribution in [0, 0.1) is 12.7 Å². The number of nitrogens with one attached hydrogen (secondary N) is 1. The highest BCUT2D eigenvalue weighted by Crippen LogP contribution is 2.29.